The van der Waals surface area contributed by atoms with Gasteiger partial charge in [0.1, 0.15) is 18.7 Å². The molecular weight excluding hydrogens is 284 g/mol. The van der Waals surface area contributed by atoms with E-state index in [4.69, 9.17) is 4.74 Å². The van der Waals surface area contributed by atoms with Crippen LogP contribution >= 0.6 is 0 Å². The van der Waals surface area contributed by atoms with Gasteiger partial charge in [-0.05, 0) is 37.5 Å². The van der Waals surface area contributed by atoms with E-state index in [1.807, 2.05) is 25.1 Å². The molecule has 0 unspecified atom stereocenters. The van der Waals surface area contributed by atoms with Crippen molar-refractivity contribution in [3.63, 3.8) is 0 Å². The molecule has 3 N–H and O–H groups in total. The number of rotatable bonds is 7. The fourth-order valence-corrected chi connectivity index (χ4v) is 2.54. The second-order valence-electron chi connectivity index (χ2n) is 5.65. The van der Waals surface area contributed by atoms with Crippen molar-refractivity contribution in [1.82, 2.24) is 0 Å². The Bertz CT molecular complexity index is 527. The number of carbonyl (C=O) groups excluding carboxylic acids is 2. The van der Waals surface area contributed by atoms with Gasteiger partial charge < -0.3 is 25.3 Å². The Balaban J connectivity index is 1.84. The van der Waals surface area contributed by atoms with Gasteiger partial charge in [-0.2, -0.15) is 0 Å². The van der Waals surface area contributed by atoms with Gasteiger partial charge in [0.15, 0.2) is 0 Å². The first-order chi connectivity index (χ1) is 10.5. The zero-order valence-electron chi connectivity index (χ0n) is 12.7. The molecule has 0 radical (unpaired) electrons. The highest BCUT2D eigenvalue weighted by Gasteiger charge is 2.23. The van der Waals surface area contributed by atoms with Crippen LogP contribution in [-0.4, -0.2) is 37.2 Å². The van der Waals surface area contributed by atoms with Gasteiger partial charge >= 0.3 is 0 Å². The van der Waals surface area contributed by atoms with Crippen molar-refractivity contribution in [2.45, 2.75) is 38.3 Å². The van der Waals surface area contributed by atoms with Crippen molar-refractivity contribution in [1.29, 1.82) is 0 Å². The molecule has 6 heteroatoms. The molecule has 2 rings (SSSR count). The Morgan fingerprint density at radius 2 is 2.32 bits per heavy atom. The Kier molecular flexibility index (Phi) is 5.91. The summed E-state index contributed by atoms with van der Waals surface area (Å²) in [4.78, 5) is 23.2. The average Bonchev–Trinajstić information content (AvgIpc) is 2.96. The second kappa shape index (κ2) is 7.91. The minimum Gasteiger partial charge on any atom is -0.544 e. The summed E-state index contributed by atoms with van der Waals surface area (Å²) >= 11 is 0. The maximum absolute atomic E-state index is 12.0. The molecule has 120 valence electrons. The minimum atomic E-state index is -1.22. The molecule has 1 fully saturated rings. The van der Waals surface area contributed by atoms with Crippen LogP contribution in [0.1, 0.15) is 24.8 Å². The lowest BCUT2D eigenvalue weighted by molar-refractivity contribution is -0.687. The summed E-state index contributed by atoms with van der Waals surface area (Å²) < 4.78 is 5.45. The van der Waals surface area contributed by atoms with Gasteiger partial charge in [-0.25, -0.2) is 0 Å². The molecule has 0 aromatic heterocycles. The normalized spacial score (nSPS) is 18.9. The average molecular weight is 306 g/mol. The van der Waals surface area contributed by atoms with E-state index in [2.05, 4.69) is 5.32 Å². The maximum Gasteiger partial charge on any atom is 0.230 e. The van der Waals surface area contributed by atoms with E-state index in [0.717, 1.165) is 25.0 Å². The molecule has 6 nitrogen and oxygen atoms in total. The van der Waals surface area contributed by atoms with Crippen molar-refractivity contribution in [2.24, 2.45) is 0 Å². The predicted molar refractivity (Wildman–Crippen MR) is 79.0 cm³/mol. The molecule has 1 heterocycles. The van der Waals surface area contributed by atoms with E-state index in [-0.39, 0.29) is 18.4 Å². The van der Waals surface area contributed by atoms with Gasteiger partial charge in [0.2, 0.25) is 5.91 Å². The number of anilines is 1. The van der Waals surface area contributed by atoms with Gasteiger partial charge in [0.05, 0.1) is 12.4 Å². The van der Waals surface area contributed by atoms with E-state index in [1.54, 1.807) is 11.4 Å². The Morgan fingerprint density at radius 3 is 2.95 bits per heavy atom. The van der Waals surface area contributed by atoms with Gasteiger partial charge in [0, 0.05) is 12.3 Å². The van der Waals surface area contributed by atoms with Crippen molar-refractivity contribution in [2.75, 3.05) is 18.5 Å². The fraction of sp³-hybridized carbons (Fsp3) is 0.500. The maximum atomic E-state index is 12.0. The highest BCUT2D eigenvalue weighted by Crippen LogP contribution is 2.11. The minimum absolute atomic E-state index is 0.0710. The number of amides is 1. The number of hydrogen-bond acceptors (Lipinski definition) is 4. The number of hydrogen-bond donors (Lipinski definition) is 2. The van der Waals surface area contributed by atoms with Crippen LogP contribution in [0.15, 0.2) is 24.3 Å². The van der Waals surface area contributed by atoms with Gasteiger partial charge in [-0.1, -0.05) is 12.1 Å². The smallest absolute Gasteiger partial charge is 0.230 e. The molecule has 0 saturated carbocycles. The SMILES string of the molecule is Cc1cccc(NC(=O)C[C@@H]([NH2+]C[C@H]2CCCO2)C(=O)[O-])c1. The van der Waals surface area contributed by atoms with Gasteiger partial charge in [-0.15, -0.1) is 0 Å². The molecule has 1 aliphatic rings. The van der Waals surface area contributed by atoms with Crippen molar-refractivity contribution in [3.8, 4) is 0 Å². The third-order valence-corrected chi connectivity index (χ3v) is 3.72. The topological polar surface area (TPSA) is 95.1 Å². The Labute approximate surface area is 129 Å². The molecule has 1 aromatic rings. The third kappa shape index (κ3) is 5.13. The first-order valence-electron chi connectivity index (χ1n) is 7.57. The number of ether oxygens (including phenoxy) is 1. The van der Waals surface area contributed by atoms with E-state index in [0.29, 0.717) is 12.2 Å². The lowest BCUT2D eigenvalue weighted by Gasteiger charge is -2.18. The van der Waals surface area contributed by atoms with E-state index in [9.17, 15) is 14.7 Å². The lowest BCUT2D eigenvalue weighted by Crippen LogP contribution is -2.94. The number of nitrogens with one attached hydrogen (secondary N) is 1. The summed E-state index contributed by atoms with van der Waals surface area (Å²) in [5, 5.41) is 15.5. The van der Waals surface area contributed by atoms with Crippen LogP contribution < -0.4 is 15.7 Å². The number of benzene rings is 1. The van der Waals surface area contributed by atoms with Crippen molar-refractivity contribution in [3.05, 3.63) is 29.8 Å². The van der Waals surface area contributed by atoms with Crippen LogP contribution in [0.4, 0.5) is 5.69 Å². The third-order valence-electron chi connectivity index (χ3n) is 3.72. The zero-order valence-corrected chi connectivity index (χ0v) is 12.7. The fourth-order valence-electron chi connectivity index (χ4n) is 2.54. The van der Waals surface area contributed by atoms with Crippen LogP contribution in [0.2, 0.25) is 0 Å². The van der Waals surface area contributed by atoms with Gasteiger partial charge in [-0.3, -0.25) is 4.79 Å². The molecule has 0 bridgehead atoms. The second-order valence-corrected chi connectivity index (χ2v) is 5.65. The summed E-state index contributed by atoms with van der Waals surface area (Å²) in [6.07, 6.45) is 1.89. The van der Waals surface area contributed by atoms with Crippen LogP contribution in [0, 0.1) is 6.92 Å². The molecule has 1 aliphatic heterocycles. The largest absolute Gasteiger partial charge is 0.544 e. The summed E-state index contributed by atoms with van der Waals surface area (Å²) in [6.45, 7) is 3.19. The summed E-state index contributed by atoms with van der Waals surface area (Å²) in [5.41, 5.74) is 1.69. The van der Waals surface area contributed by atoms with Crippen LogP contribution in [0.5, 0.6) is 0 Å². The monoisotopic (exact) mass is 306 g/mol. The first-order valence-corrected chi connectivity index (χ1v) is 7.57. The van der Waals surface area contributed by atoms with Crippen LogP contribution in [0.3, 0.4) is 0 Å². The highest BCUT2D eigenvalue weighted by molar-refractivity contribution is 5.93. The Morgan fingerprint density at radius 1 is 1.50 bits per heavy atom. The quantitative estimate of drug-likeness (QED) is 0.688. The number of aliphatic carboxylic acids is 1. The van der Waals surface area contributed by atoms with Crippen LogP contribution in [0.25, 0.3) is 0 Å². The molecule has 22 heavy (non-hydrogen) atoms. The molecule has 0 spiro atoms. The summed E-state index contributed by atoms with van der Waals surface area (Å²) in [5.74, 6) is -1.55. The highest BCUT2D eigenvalue weighted by atomic mass is 16.5. The Hall–Kier alpha value is -1.92. The predicted octanol–water partition coefficient (Wildman–Crippen LogP) is -0.815. The number of nitrogens with two attached hydrogens (primary N) is 1. The van der Waals surface area contributed by atoms with Crippen LogP contribution in [-0.2, 0) is 14.3 Å². The van der Waals surface area contributed by atoms with E-state index < -0.39 is 12.0 Å². The van der Waals surface area contributed by atoms with E-state index >= 15 is 0 Å². The number of carboxylic acid groups (broad SMARTS) is 1. The number of quaternary nitrogens is 1. The lowest BCUT2D eigenvalue weighted by atomic mass is 10.1. The first kappa shape index (κ1) is 16.5. The number of carbonyl (C=O) groups is 2. The summed E-state index contributed by atoms with van der Waals surface area (Å²) in [6, 6.07) is 6.48. The standard InChI is InChI=1S/C16H22N2O4/c1-11-4-2-5-12(8-11)18-15(19)9-14(16(20)21)17-10-13-6-3-7-22-13/h2,4-5,8,13-14,17H,3,6-7,9-10H2,1H3,(H,18,19)(H,20,21)/t13-,14-/m1/s1. The molecule has 1 aromatic carbocycles. The van der Waals surface area contributed by atoms with E-state index in [1.165, 1.54) is 0 Å². The summed E-state index contributed by atoms with van der Waals surface area (Å²) in [7, 11) is 0. The number of carboxylic acids is 1. The van der Waals surface area contributed by atoms with Gasteiger partial charge in [0.25, 0.3) is 0 Å². The zero-order chi connectivity index (χ0) is 15.9. The number of aryl methyl sites for hydroxylation is 1. The molecule has 0 aliphatic carbocycles. The van der Waals surface area contributed by atoms with Crippen molar-refractivity contribution < 1.29 is 24.7 Å². The molecular formula is C16H22N2O4. The molecule has 1 amide bonds. The van der Waals surface area contributed by atoms with Crippen molar-refractivity contribution >= 4 is 17.6 Å². The molecule has 1 saturated heterocycles. The molecule has 2 atom stereocenters.